The van der Waals surface area contributed by atoms with Crippen LogP contribution in [0.1, 0.15) is 15.9 Å². The third-order valence-electron chi connectivity index (χ3n) is 5.05. The molecule has 0 aliphatic rings. The maximum absolute atomic E-state index is 13.5. The van der Waals surface area contributed by atoms with E-state index in [1.165, 1.54) is 31.4 Å². The number of hydrogen-bond acceptors (Lipinski definition) is 5. The lowest BCUT2D eigenvalue weighted by atomic mass is 10.1. The molecule has 2 N–H and O–H groups in total. The van der Waals surface area contributed by atoms with Crippen molar-refractivity contribution in [1.29, 1.82) is 0 Å². The highest BCUT2D eigenvalue weighted by atomic mass is 32.2. The van der Waals surface area contributed by atoms with Gasteiger partial charge in [-0.3, -0.25) is 13.9 Å². The van der Waals surface area contributed by atoms with Crippen molar-refractivity contribution in [3.8, 4) is 0 Å². The number of sulfonamides is 1. The molecule has 0 atom stereocenters. The van der Waals surface area contributed by atoms with Gasteiger partial charge in [-0.25, -0.2) is 12.8 Å². The van der Waals surface area contributed by atoms with Crippen molar-refractivity contribution in [2.75, 3.05) is 36.4 Å². The Labute approximate surface area is 203 Å². The zero-order valence-corrected chi connectivity index (χ0v) is 20.1. The number of aryl methyl sites for hydroxylation is 1. The van der Waals surface area contributed by atoms with Crippen LogP contribution in [0.4, 0.5) is 15.8 Å². The Bertz CT molecular complexity index is 1280. The number of amides is 2. The highest BCUT2D eigenvalue weighted by Gasteiger charge is 2.27. The number of para-hydroxylation sites is 1. The Kier molecular flexibility index (Phi) is 8.56. The van der Waals surface area contributed by atoms with Gasteiger partial charge in [-0.15, -0.1) is 0 Å². The number of methoxy groups -OCH3 is 1. The molecule has 10 heteroatoms. The van der Waals surface area contributed by atoms with E-state index in [0.717, 1.165) is 22.0 Å². The van der Waals surface area contributed by atoms with Gasteiger partial charge in [0.25, 0.3) is 15.9 Å². The van der Waals surface area contributed by atoms with Gasteiger partial charge in [0.2, 0.25) is 5.91 Å². The van der Waals surface area contributed by atoms with E-state index in [0.29, 0.717) is 6.61 Å². The van der Waals surface area contributed by atoms with Crippen LogP contribution < -0.4 is 14.9 Å². The minimum Gasteiger partial charge on any atom is -0.383 e. The Morgan fingerprint density at radius 3 is 2.29 bits per heavy atom. The van der Waals surface area contributed by atoms with Crippen molar-refractivity contribution in [2.45, 2.75) is 11.8 Å². The highest BCUT2D eigenvalue weighted by Crippen LogP contribution is 2.25. The average molecular weight is 500 g/mol. The molecule has 0 aliphatic heterocycles. The van der Waals surface area contributed by atoms with Crippen LogP contribution in [-0.2, 0) is 19.6 Å². The third kappa shape index (κ3) is 6.65. The van der Waals surface area contributed by atoms with Crippen LogP contribution in [0.25, 0.3) is 0 Å². The Morgan fingerprint density at radius 2 is 1.63 bits per heavy atom. The number of hydrogen-bond donors (Lipinski definition) is 2. The van der Waals surface area contributed by atoms with E-state index < -0.39 is 34.2 Å². The number of carbonyl (C=O) groups is 2. The molecule has 0 fully saturated rings. The van der Waals surface area contributed by atoms with Gasteiger partial charge in [0.1, 0.15) is 12.4 Å². The summed E-state index contributed by atoms with van der Waals surface area (Å²) in [4.78, 5) is 25.5. The van der Waals surface area contributed by atoms with Crippen LogP contribution in [-0.4, -0.2) is 47.0 Å². The summed E-state index contributed by atoms with van der Waals surface area (Å²) in [5.41, 5.74) is 1.43. The van der Waals surface area contributed by atoms with Crippen LogP contribution in [0.5, 0.6) is 0 Å². The summed E-state index contributed by atoms with van der Waals surface area (Å²) in [5.74, 6) is -1.64. The molecule has 184 valence electrons. The number of ether oxygens (including phenoxy) is 1. The third-order valence-corrected chi connectivity index (χ3v) is 6.84. The largest absolute Gasteiger partial charge is 0.383 e. The zero-order valence-electron chi connectivity index (χ0n) is 19.3. The van der Waals surface area contributed by atoms with Crippen molar-refractivity contribution >= 4 is 33.2 Å². The normalized spacial score (nSPS) is 11.1. The molecule has 0 spiro atoms. The molecule has 0 heterocycles. The first-order chi connectivity index (χ1) is 16.7. The molecule has 0 aliphatic carbocycles. The first kappa shape index (κ1) is 25.9. The molecule has 0 bridgehead atoms. The molecule has 0 aromatic heterocycles. The number of nitrogens with zero attached hydrogens (tertiary/aromatic N) is 1. The number of carbonyl (C=O) groups excluding carboxylic acids is 2. The fraction of sp³-hybridized carbons (Fsp3) is 0.200. The fourth-order valence-electron chi connectivity index (χ4n) is 3.23. The van der Waals surface area contributed by atoms with Crippen molar-refractivity contribution in [1.82, 2.24) is 5.32 Å². The smallest absolute Gasteiger partial charge is 0.264 e. The molecule has 0 saturated carbocycles. The average Bonchev–Trinajstić information content (AvgIpc) is 2.84. The maximum Gasteiger partial charge on any atom is 0.264 e. The molecule has 8 nitrogen and oxygen atoms in total. The van der Waals surface area contributed by atoms with Gasteiger partial charge in [-0.05, 0) is 55.5 Å². The predicted molar refractivity (Wildman–Crippen MR) is 131 cm³/mol. The summed E-state index contributed by atoms with van der Waals surface area (Å²) < 4.78 is 46.1. The predicted octanol–water partition coefficient (Wildman–Crippen LogP) is 3.34. The van der Waals surface area contributed by atoms with Gasteiger partial charge in [0.05, 0.1) is 28.4 Å². The van der Waals surface area contributed by atoms with Gasteiger partial charge in [0, 0.05) is 13.7 Å². The summed E-state index contributed by atoms with van der Waals surface area (Å²) >= 11 is 0. The van der Waals surface area contributed by atoms with E-state index in [4.69, 9.17) is 4.74 Å². The number of nitrogens with one attached hydrogen (secondary N) is 2. The second kappa shape index (κ2) is 11.6. The van der Waals surface area contributed by atoms with E-state index in [1.807, 2.05) is 6.92 Å². The summed E-state index contributed by atoms with van der Waals surface area (Å²) in [6.45, 7) is 1.83. The molecule has 2 amide bonds. The molecule has 0 saturated heterocycles. The van der Waals surface area contributed by atoms with Crippen LogP contribution in [0, 0.1) is 12.7 Å². The fourth-order valence-corrected chi connectivity index (χ4v) is 4.65. The van der Waals surface area contributed by atoms with E-state index in [-0.39, 0.29) is 28.4 Å². The lowest BCUT2D eigenvalue weighted by Gasteiger charge is -2.24. The second-order valence-electron chi connectivity index (χ2n) is 7.64. The van der Waals surface area contributed by atoms with Gasteiger partial charge < -0.3 is 15.4 Å². The van der Waals surface area contributed by atoms with Crippen LogP contribution in [0.15, 0.2) is 77.7 Å². The molecule has 0 radical (unpaired) electrons. The van der Waals surface area contributed by atoms with E-state index in [1.54, 1.807) is 36.4 Å². The standard InChI is InChI=1S/C25H26FN3O5S/c1-18-7-13-21(14-8-18)35(32,33)29(20-11-9-19(26)10-12-20)17-24(30)28-23-6-4-3-5-22(23)25(31)27-15-16-34-2/h3-14H,15-17H2,1-2H3,(H,27,31)(H,28,30). The molecular formula is C25H26FN3O5S. The molecule has 3 aromatic carbocycles. The summed E-state index contributed by atoms with van der Waals surface area (Å²) in [6.07, 6.45) is 0. The number of benzene rings is 3. The first-order valence-electron chi connectivity index (χ1n) is 10.7. The molecular weight excluding hydrogens is 473 g/mol. The zero-order chi connectivity index (χ0) is 25.4. The Balaban J connectivity index is 1.88. The van der Waals surface area contributed by atoms with Gasteiger partial charge in [-0.2, -0.15) is 0 Å². The molecule has 3 aromatic rings. The van der Waals surface area contributed by atoms with Crippen molar-refractivity contribution in [3.05, 3.63) is 89.7 Å². The van der Waals surface area contributed by atoms with E-state index in [2.05, 4.69) is 10.6 Å². The van der Waals surface area contributed by atoms with Gasteiger partial charge in [0.15, 0.2) is 0 Å². The molecule has 35 heavy (non-hydrogen) atoms. The SMILES string of the molecule is COCCNC(=O)c1ccccc1NC(=O)CN(c1ccc(F)cc1)S(=O)(=O)c1ccc(C)cc1. The van der Waals surface area contributed by atoms with Crippen molar-refractivity contribution in [3.63, 3.8) is 0 Å². The molecule has 0 unspecified atom stereocenters. The summed E-state index contributed by atoms with van der Waals surface area (Å²) in [7, 11) is -2.64. The quantitative estimate of drug-likeness (QED) is 0.417. The lowest BCUT2D eigenvalue weighted by molar-refractivity contribution is -0.114. The van der Waals surface area contributed by atoms with Crippen LogP contribution >= 0.6 is 0 Å². The maximum atomic E-state index is 13.5. The van der Waals surface area contributed by atoms with Crippen LogP contribution in [0.3, 0.4) is 0 Å². The summed E-state index contributed by atoms with van der Waals surface area (Å²) in [5, 5.41) is 5.29. The van der Waals surface area contributed by atoms with Gasteiger partial charge >= 0.3 is 0 Å². The highest BCUT2D eigenvalue weighted by molar-refractivity contribution is 7.92. The number of anilines is 2. The minimum absolute atomic E-state index is 0.0156. The number of halogens is 1. The van der Waals surface area contributed by atoms with E-state index in [9.17, 15) is 22.4 Å². The number of rotatable bonds is 10. The second-order valence-corrected chi connectivity index (χ2v) is 9.51. The first-order valence-corrected chi connectivity index (χ1v) is 12.2. The monoisotopic (exact) mass is 499 g/mol. The van der Waals surface area contributed by atoms with Gasteiger partial charge in [-0.1, -0.05) is 29.8 Å². The molecule has 3 rings (SSSR count). The van der Waals surface area contributed by atoms with E-state index >= 15 is 0 Å². The van der Waals surface area contributed by atoms with Crippen molar-refractivity contribution in [2.24, 2.45) is 0 Å². The minimum atomic E-state index is -4.16. The van der Waals surface area contributed by atoms with Crippen molar-refractivity contribution < 1.29 is 27.1 Å². The lowest BCUT2D eigenvalue weighted by Crippen LogP contribution is -2.38. The Morgan fingerprint density at radius 1 is 0.971 bits per heavy atom. The Hall–Kier alpha value is -3.76. The van der Waals surface area contributed by atoms with Crippen LogP contribution in [0.2, 0.25) is 0 Å². The topological polar surface area (TPSA) is 105 Å². The summed E-state index contributed by atoms with van der Waals surface area (Å²) in [6, 6.07) is 17.3.